The number of likely N-dealkylation sites (N-methyl/N-ethyl adjacent to an activating group) is 1. The number of nitrogens with one attached hydrogen (secondary N) is 1. The lowest BCUT2D eigenvalue weighted by molar-refractivity contribution is -0.187. The standard InChI is InChI=1S/C29H30FN5O4/c1-32-19-27(37)34-25(15-20-9-13-24(36)14-10-20)28(38)33(17-22-7-11-23(30)12-8-22)18-26(34)35(32)29(39)31-16-21-5-3-2-4-6-21/h2-14,25-26,36H,15-19H2,1H3,(H,31,39)/t25?,26-/m0/s1. The molecule has 1 unspecified atom stereocenters. The lowest BCUT2D eigenvalue weighted by Crippen LogP contribution is -2.76. The van der Waals surface area contributed by atoms with Gasteiger partial charge in [-0.1, -0.05) is 54.6 Å². The summed E-state index contributed by atoms with van der Waals surface area (Å²) < 4.78 is 13.5. The molecular weight excluding hydrogens is 501 g/mol. The second-order valence-electron chi connectivity index (χ2n) is 9.82. The summed E-state index contributed by atoms with van der Waals surface area (Å²) >= 11 is 0. The van der Waals surface area contributed by atoms with Crippen LogP contribution in [-0.2, 0) is 29.1 Å². The molecule has 2 aliphatic heterocycles. The van der Waals surface area contributed by atoms with Gasteiger partial charge in [0, 0.05) is 26.6 Å². The minimum atomic E-state index is -0.862. The van der Waals surface area contributed by atoms with Crippen molar-refractivity contribution < 1.29 is 23.9 Å². The first-order valence-corrected chi connectivity index (χ1v) is 12.7. The summed E-state index contributed by atoms with van der Waals surface area (Å²) in [5.74, 6) is -0.790. The van der Waals surface area contributed by atoms with Gasteiger partial charge in [0.25, 0.3) is 0 Å². The molecular formula is C29H30FN5O4. The first-order valence-electron chi connectivity index (χ1n) is 12.7. The number of fused-ring (bicyclic) bond motifs is 1. The van der Waals surface area contributed by atoms with Crippen LogP contribution in [0.15, 0.2) is 78.9 Å². The number of rotatable bonds is 6. The molecule has 5 rings (SSSR count). The van der Waals surface area contributed by atoms with E-state index in [9.17, 15) is 23.9 Å². The topological polar surface area (TPSA) is 96.4 Å². The summed E-state index contributed by atoms with van der Waals surface area (Å²) in [4.78, 5) is 43.8. The van der Waals surface area contributed by atoms with Gasteiger partial charge in [0.15, 0.2) is 0 Å². The number of hydrazine groups is 1. The number of halogens is 1. The monoisotopic (exact) mass is 531 g/mol. The van der Waals surface area contributed by atoms with Crippen molar-refractivity contribution in [3.8, 4) is 5.75 Å². The van der Waals surface area contributed by atoms with Gasteiger partial charge in [0.1, 0.15) is 23.8 Å². The summed E-state index contributed by atoms with van der Waals surface area (Å²) in [6.45, 7) is 0.538. The van der Waals surface area contributed by atoms with E-state index in [1.165, 1.54) is 34.2 Å². The SMILES string of the molecule is CN1CC(=O)N2C(Cc3ccc(O)cc3)C(=O)N(Cc3ccc(F)cc3)C[C@@H]2N1C(=O)NCc1ccccc1. The third kappa shape index (κ3) is 5.70. The van der Waals surface area contributed by atoms with E-state index in [0.717, 1.165) is 16.7 Å². The first-order chi connectivity index (χ1) is 18.8. The Morgan fingerprint density at radius 2 is 1.62 bits per heavy atom. The molecule has 0 radical (unpaired) electrons. The van der Waals surface area contributed by atoms with Crippen molar-refractivity contribution in [1.82, 2.24) is 25.1 Å². The van der Waals surface area contributed by atoms with Crippen LogP contribution >= 0.6 is 0 Å². The van der Waals surface area contributed by atoms with Gasteiger partial charge in [-0.05, 0) is 41.0 Å². The van der Waals surface area contributed by atoms with E-state index in [0.29, 0.717) is 6.54 Å². The number of urea groups is 1. The van der Waals surface area contributed by atoms with E-state index in [4.69, 9.17) is 0 Å². The molecule has 3 aromatic carbocycles. The zero-order valence-electron chi connectivity index (χ0n) is 21.5. The molecule has 2 aliphatic rings. The van der Waals surface area contributed by atoms with Crippen LogP contribution in [0.3, 0.4) is 0 Å². The Bertz CT molecular complexity index is 1340. The molecule has 0 aromatic heterocycles. The predicted octanol–water partition coefficient (Wildman–Crippen LogP) is 2.71. The molecule has 0 spiro atoms. The first kappa shape index (κ1) is 26.2. The maximum absolute atomic E-state index is 13.8. The number of benzene rings is 3. The fraction of sp³-hybridized carbons (Fsp3) is 0.276. The van der Waals surface area contributed by atoms with Crippen molar-refractivity contribution in [3.63, 3.8) is 0 Å². The molecule has 0 bridgehead atoms. The molecule has 2 saturated heterocycles. The molecule has 4 amide bonds. The highest BCUT2D eigenvalue weighted by Gasteiger charge is 2.50. The highest BCUT2D eigenvalue weighted by molar-refractivity contribution is 5.91. The third-order valence-corrected chi connectivity index (χ3v) is 7.09. The fourth-order valence-electron chi connectivity index (χ4n) is 5.17. The van der Waals surface area contributed by atoms with E-state index < -0.39 is 12.2 Å². The van der Waals surface area contributed by atoms with Crippen molar-refractivity contribution in [2.24, 2.45) is 0 Å². The Morgan fingerprint density at radius 3 is 2.31 bits per heavy atom. The van der Waals surface area contributed by atoms with E-state index in [1.54, 1.807) is 41.2 Å². The van der Waals surface area contributed by atoms with E-state index in [2.05, 4.69) is 5.32 Å². The second-order valence-corrected chi connectivity index (χ2v) is 9.82. The van der Waals surface area contributed by atoms with Crippen LogP contribution in [0.25, 0.3) is 0 Å². The summed E-state index contributed by atoms with van der Waals surface area (Å²) in [6, 6.07) is 20.7. The van der Waals surface area contributed by atoms with Gasteiger partial charge in [0.2, 0.25) is 11.8 Å². The molecule has 202 valence electrons. The molecule has 39 heavy (non-hydrogen) atoms. The Hall–Kier alpha value is -4.44. The van der Waals surface area contributed by atoms with Crippen LogP contribution < -0.4 is 5.32 Å². The number of phenols is 1. The van der Waals surface area contributed by atoms with E-state index in [-0.39, 0.29) is 55.5 Å². The number of carbonyl (C=O) groups is 3. The van der Waals surface area contributed by atoms with Crippen LogP contribution in [0.4, 0.5) is 9.18 Å². The summed E-state index contributed by atoms with van der Waals surface area (Å²) in [6.07, 6.45) is -0.530. The fourth-order valence-corrected chi connectivity index (χ4v) is 5.17. The Morgan fingerprint density at radius 1 is 0.949 bits per heavy atom. The zero-order chi connectivity index (χ0) is 27.5. The van der Waals surface area contributed by atoms with Crippen LogP contribution in [0.2, 0.25) is 0 Å². The third-order valence-electron chi connectivity index (χ3n) is 7.09. The van der Waals surface area contributed by atoms with Crippen LogP contribution in [0.5, 0.6) is 5.75 Å². The largest absolute Gasteiger partial charge is 0.508 e. The van der Waals surface area contributed by atoms with E-state index in [1.807, 2.05) is 30.3 Å². The van der Waals surface area contributed by atoms with Crippen molar-refractivity contribution in [2.45, 2.75) is 31.7 Å². The predicted molar refractivity (Wildman–Crippen MR) is 141 cm³/mol. The molecule has 2 N–H and O–H groups in total. The Kier molecular flexibility index (Phi) is 7.47. The minimum Gasteiger partial charge on any atom is -0.508 e. The van der Waals surface area contributed by atoms with E-state index >= 15 is 0 Å². The van der Waals surface area contributed by atoms with Gasteiger partial charge in [0.05, 0.1) is 13.1 Å². The minimum absolute atomic E-state index is 0.0629. The number of nitrogens with zero attached hydrogens (tertiary/aromatic N) is 4. The number of piperazine rings is 1. The van der Waals surface area contributed by atoms with Gasteiger partial charge in [-0.25, -0.2) is 19.2 Å². The smallest absolute Gasteiger partial charge is 0.334 e. The Balaban J connectivity index is 1.45. The highest BCUT2D eigenvalue weighted by atomic mass is 19.1. The lowest BCUT2D eigenvalue weighted by atomic mass is 9.98. The number of amides is 4. The number of phenolic OH excluding ortho intramolecular Hbond substituents is 1. The molecule has 0 saturated carbocycles. The number of carbonyl (C=O) groups excluding carboxylic acids is 3. The average molecular weight is 532 g/mol. The summed E-state index contributed by atoms with van der Waals surface area (Å²) in [7, 11) is 1.67. The Labute approximate surface area is 226 Å². The quantitative estimate of drug-likeness (QED) is 0.510. The lowest BCUT2D eigenvalue weighted by Gasteiger charge is -2.54. The van der Waals surface area contributed by atoms with Gasteiger partial charge >= 0.3 is 6.03 Å². The van der Waals surface area contributed by atoms with Gasteiger partial charge in [-0.3, -0.25) is 9.59 Å². The van der Waals surface area contributed by atoms with Crippen molar-refractivity contribution >= 4 is 17.8 Å². The number of aromatic hydroxyl groups is 1. The zero-order valence-corrected chi connectivity index (χ0v) is 21.5. The second kappa shape index (κ2) is 11.1. The van der Waals surface area contributed by atoms with Gasteiger partial charge in [-0.2, -0.15) is 0 Å². The molecule has 0 aliphatic carbocycles. The summed E-state index contributed by atoms with van der Waals surface area (Å²) in [5.41, 5.74) is 2.43. The number of hydrogen-bond donors (Lipinski definition) is 2. The van der Waals surface area contributed by atoms with Crippen LogP contribution in [-0.4, -0.2) is 75.1 Å². The molecule has 2 heterocycles. The van der Waals surface area contributed by atoms with Crippen molar-refractivity contribution in [1.29, 1.82) is 0 Å². The normalized spacial score (nSPS) is 19.7. The van der Waals surface area contributed by atoms with Crippen molar-refractivity contribution in [3.05, 3.63) is 101 Å². The number of hydrogen-bond acceptors (Lipinski definition) is 5. The molecule has 2 fully saturated rings. The van der Waals surface area contributed by atoms with Gasteiger partial charge < -0.3 is 20.2 Å². The molecule has 10 heteroatoms. The maximum atomic E-state index is 13.8. The summed E-state index contributed by atoms with van der Waals surface area (Å²) in [5, 5.41) is 15.7. The average Bonchev–Trinajstić information content (AvgIpc) is 2.92. The molecule has 3 aromatic rings. The van der Waals surface area contributed by atoms with Crippen molar-refractivity contribution in [2.75, 3.05) is 20.1 Å². The van der Waals surface area contributed by atoms with Crippen LogP contribution in [0, 0.1) is 5.82 Å². The highest BCUT2D eigenvalue weighted by Crippen LogP contribution is 2.29. The van der Waals surface area contributed by atoms with Crippen LogP contribution in [0.1, 0.15) is 16.7 Å². The molecule has 9 nitrogen and oxygen atoms in total. The molecule has 2 atom stereocenters. The van der Waals surface area contributed by atoms with Gasteiger partial charge in [-0.15, -0.1) is 0 Å². The maximum Gasteiger partial charge on any atom is 0.334 e.